The van der Waals surface area contributed by atoms with Crippen molar-refractivity contribution in [2.75, 3.05) is 6.54 Å². The first-order chi connectivity index (χ1) is 12.5. The molecule has 0 bridgehead atoms. The van der Waals surface area contributed by atoms with Gasteiger partial charge in [-0.25, -0.2) is 4.98 Å². The summed E-state index contributed by atoms with van der Waals surface area (Å²) < 4.78 is 3.65. The van der Waals surface area contributed by atoms with Crippen LogP contribution < -0.4 is 0 Å². The van der Waals surface area contributed by atoms with Gasteiger partial charge in [-0.2, -0.15) is 5.10 Å². The van der Waals surface area contributed by atoms with E-state index in [0.717, 1.165) is 18.5 Å². The van der Waals surface area contributed by atoms with Crippen LogP contribution in [0, 0.1) is 5.92 Å². The Morgan fingerprint density at radius 1 is 1.27 bits per heavy atom. The topological polar surface area (TPSA) is 96.4 Å². The molecule has 1 amide bonds. The van der Waals surface area contributed by atoms with Crippen molar-refractivity contribution in [2.45, 2.75) is 51.0 Å². The van der Waals surface area contributed by atoms with Crippen LogP contribution in [0.4, 0.5) is 0 Å². The molecule has 1 aliphatic carbocycles. The van der Waals surface area contributed by atoms with Gasteiger partial charge >= 0.3 is 0 Å². The van der Waals surface area contributed by atoms with Crippen molar-refractivity contribution in [1.29, 1.82) is 0 Å². The van der Waals surface area contributed by atoms with E-state index < -0.39 is 6.10 Å². The Balaban J connectivity index is 1.47. The molecule has 26 heavy (non-hydrogen) atoms. The van der Waals surface area contributed by atoms with Crippen molar-refractivity contribution in [3.8, 4) is 0 Å². The van der Waals surface area contributed by atoms with E-state index in [0.29, 0.717) is 44.0 Å². The SMILES string of the molecule is Cn1ccnc1[C@H](O)c1cc2n(n1)CCN(C(=O)C1CCC(O)CC1)C2. The number of aryl methyl sites for hydroxylation is 1. The fourth-order valence-corrected chi connectivity index (χ4v) is 3.96. The molecule has 0 unspecified atom stereocenters. The normalized spacial score (nSPS) is 24.3. The van der Waals surface area contributed by atoms with Crippen molar-refractivity contribution in [3.63, 3.8) is 0 Å². The molecule has 1 atom stereocenters. The van der Waals surface area contributed by atoms with Gasteiger partial charge in [0.15, 0.2) is 6.10 Å². The largest absolute Gasteiger partial charge is 0.393 e. The van der Waals surface area contributed by atoms with Gasteiger partial charge < -0.3 is 19.7 Å². The number of rotatable bonds is 3. The lowest BCUT2D eigenvalue weighted by Crippen LogP contribution is -2.42. The van der Waals surface area contributed by atoms with Crippen LogP contribution in [0.15, 0.2) is 18.5 Å². The Morgan fingerprint density at radius 2 is 2.04 bits per heavy atom. The molecule has 4 rings (SSSR count). The Labute approximate surface area is 152 Å². The maximum absolute atomic E-state index is 12.8. The van der Waals surface area contributed by atoms with E-state index in [-0.39, 0.29) is 17.9 Å². The number of hydrogen-bond donors (Lipinski definition) is 2. The van der Waals surface area contributed by atoms with Crippen LogP contribution in [0.5, 0.6) is 0 Å². The maximum atomic E-state index is 12.8. The summed E-state index contributed by atoms with van der Waals surface area (Å²) in [6.07, 6.45) is 5.25. The van der Waals surface area contributed by atoms with Crippen LogP contribution in [0.1, 0.15) is 49.0 Å². The summed E-state index contributed by atoms with van der Waals surface area (Å²) in [5.74, 6) is 0.746. The van der Waals surface area contributed by atoms with Gasteiger partial charge in [0, 0.05) is 31.9 Å². The standard InChI is InChI=1S/C18H25N5O3/c1-21-7-6-19-17(21)16(25)15-10-13-11-22(8-9-23(13)20-15)18(26)12-2-4-14(24)5-3-12/h6-7,10,12,14,16,24-25H,2-5,8-9,11H2,1H3/t12?,14?,16-/m1/s1. The van der Waals surface area contributed by atoms with Crippen molar-refractivity contribution in [3.05, 3.63) is 35.7 Å². The molecule has 3 heterocycles. The monoisotopic (exact) mass is 359 g/mol. The minimum atomic E-state index is -0.878. The van der Waals surface area contributed by atoms with Gasteiger partial charge in [-0.3, -0.25) is 9.48 Å². The lowest BCUT2D eigenvalue weighted by molar-refractivity contribution is -0.138. The second-order valence-corrected chi connectivity index (χ2v) is 7.35. The zero-order valence-electron chi connectivity index (χ0n) is 15.0. The molecule has 0 radical (unpaired) electrons. The predicted molar refractivity (Wildman–Crippen MR) is 92.9 cm³/mol. The van der Waals surface area contributed by atoms with Crippen molar-refractivity contribution in [1.82, 2.24) is 24.2 Å². The second-order valence-electron chi connectivity index (χ2n) is 7.35. The fraction of sp³-hybridized carbons (Fsp3) is 0.611. The third-order valence-electron chi connectivity index (χ3n) is 5.56. The van der Waals surface area contributed by atoms with Crippen LogP contribution in [0.25, 0.3) is 0 Å². The number of aromatic nitrogens is 4. The van der Waals surface area contributed by atoms with Crippen molar-refractivity contribution >= 4 is 5.91 Å². The number of aliphatic hydroxyl groups is 2. The molecule has 8 nitrogen and oxygen atoms in total. The number of imidazole rings is 1. The van der Waals surface area contributed by atoms with Gasteiger partial charge in [-0.05, 0) is 31.7 Å². The average Bonchev–Trinajstić information content (AvgIpc) is 3.26. The van der Waals surface area contributed by atoms with E-state index >= 15 is 0 Å². The molecule has 2 aliphatic rings. The Kier molecular flexibility index (Phi) is 4.54. The number of amides is 1. The minimum absolute atomic E-state index is 0.0190. The molecule has 1 fully saturated rings. The predicted octanol–water partition coefficient (Wildman–Crippen LogP) is 0.592. The van der Waals surface area contributed by atoms with Crippen molar-refractivity contribution in [2.24, 2.45) is 13.0 Å². The Morgan fingerprint density at radius 3 is 2.73 bits per heavy atom. The van der Waals surface area contributed by atoms with Crippen LogP contribution in [0.3, 0.4) is 0 Å². The van der Waals surface area contributed by atoms with Gasteiger partial charge in [0.1, 0.15) is 5.82 Å². The smallest absolute Gasteiger partial charge is 0.226 e. The number of carbonyl (C=O) groups is 1. The third kappa shape index (κ3) is 3.14. The van der Waals surface area contributed by atoms with E-state index in [4.69, 9.17) is 0 Å². The minimum Gasteiger partial charge on any atom is -0.393 e. The highest BCUT2D eigenvalue weighted by Crippen LogP contribution is 2.28. The van der Waals surface area contributed by atoms with Gasteiger partial charge in [0.25, 0.3) is 0 Å². The van der Waals surface area contributed by atoms with E-state index in [1.54, 1.807) is 17.0 Å². The molecule has 0 aromatic carbocycles. The fourth-order valence-electron chi connectivity index (χ4n) is 3.96. The molecule has 1 aliphatic heterocycles. The van der Waals surface area contributed by atoms with E-state index in [2.05, 4.69) is 10.1 Å². The van der Waals surface area contributed by atoms with Crippen LogP contribution >= 0.6 is 0 Å². The molecule has 8 heteroatoms. The highest BCUT2D eigenvalue weighted by atomic mass is 16.3. The summed E-state index contributed by atoms with van der Waals surface area (Å²) in [6.45, 7) is 1.77. The number of fused-ring (bicyclic) bond motifs is 1. The number of aliphatic hydroxyl groups excluding tert-OH is 2. The molecule has 2 aromatic heterocycles. The summed E-state index contributed by atoms with van der Waals surface area (Å²) in [6, 6.07) is 1.86. The van der Waals surface area contributed by atoms with Crippen LogP contribution in [-0.4, -0.2) is 53.0 Å². The third-order valence-corrected chi connectivity index (χ3v) is 5.56. The maximum Gasteiger partial charge on any atom is 0.226 e. The number of hydrogen-bond acceptors (Lipinski definition) is 5. The molecular weight excluding hydrogens is 334 g/mol. The highest BCUT2D eigenvalue weighted by molar-refractivity contribution is 5.79. The van der Waals surface area contributed by atoms with Gasteiger partial charge in [0.2, 0.25) is 5.91 Å². The Bertz CT molecular complexity index is 791. The molecular formula is C18H25N5O3. The molecule has 1 saturated carbocycles. The van der Waals surface area contributed by atoms with Gasteiger partial charge in [-0.15, -0.1) is 0 Å². The highest BCUT2D eigenvalue weighted by Gasteiger charge is 2.31. The van der Waals surface area contributed by atoms with Crippen LogP contribution in [0.2, 0.25) is 0 Å². The van der Waals surface area contributed by atoms with E-state index in [1.807, 2.05) is 22.7 Å². The zero-order valence-corrected chi connectivity index (χ0v) is 15.0. The molecule has 2 aromatic rings. The van der Waals surface area contributed by atoms with Crippen LogP contribution in [-0.2, 0) is 24.9 Å². The first-order valence-electron chi connectivity index (χ1n) is 9.21. The summed E-state index contributed by atoms with van der Waals surface area (Å²) in [7, 11) is 1.84. The first kappa shape index (κ1) is 17.2. The molecule has 0 saturated heterocycles. The van der Waals surface area contributed by atoms with Gasteiger partial charge in [-0.1, -0.05) is 0 Å². The molecule has 0 spiro atoms. The summed E-state index contributed by atoms with van der Waals surface area (Å²) in [4.78, 5) is 18.9. The average molecular weight is 359 g/mol. The summed E-state index contributed by atoms with van der Waals surface area (Å²) >= 11 is 0. The van der Waals surface area contributed by atoms with Gasteiger partial charge in [0.05, 0.1) is 30.6 Å². The molecule has 140 valence electrons. The lowest BCUT2D eigenvalue weighted by Gasteiger charge is -2.33. The van der Waals surface area contributed by atoms with Crippen molar-refractivity contribution < 1.29 is 15.0 Å². The van der Waals surface area contributed by atoms with E-state index in [9.17, 15) is 15.0 Å². The lowest BCUT2D eigenvalue weighted by atomic mass is 9.86. The zero-order chi connectivity index (χ0) is 18.3. The first-order valence-corrected chi connectivity index (χ1v) is 9.21. The number of carbonyl (C=O) groups excluding carboxylic acids is 1. The Hall–Kier alpha value is -2.19. The molecule has 2 N–H and O–H groups in total. The number of nitrogens with zero attached hydrogens (tertiary/aromatic N) is 5. The summed E-state index contributed by atoms with van der Waals surface area (Å²) in [5.41, 5.74) is 1.49. The second kappa shape index (κ2) is 6.85. The summed E-state index contributed by atoms with van der Waals surface area (Å²) in [5, 5.41) is 24.7. The van der Waals surface area contributed by atoms with E-state index in [1.165, 1.54) is 0 Å². The quantitative estimate of drug-likeness (QED) is 0.836.